The molecule has 9 aromatic carbocycles. The summed E-state index contributed by atoms with van der Waals surface area (Å²) in [5.41, 5.74) is 14.1. The lowest BCUT2D eigenvalue weighted by molar-refractivity contribution is 0.671. The van der Waals surface area contributed by atoms with Crippen molar-refractivity contribution in [1.29, 1.82) is 0 Å². The first-order valence-corrected chi connectivity index (χ1v) is 20.8. The van der Waals surface area contributed by atoms with Crippen LogP contribution in [0.1, 0.15) is 0 Å². The summed E-state index contributed by atoms with van der Waals surface area (Å²) in [5.74, 6) is 1.71. The van der Waals surface area contributed by atoms with Crippen molar-refractivity contribution >= 4 is 43.7 Å². The zero-order valence-corrected chi connectivity index (χ0v) is 33.5. The molecular formula is C57H36N4O. The molecule has 0 saturated carbocycles. The van der Waals surface area contributed by atoms with Gasteiger partial charge in [0.25, 0.3) is 0 Å². The third-order valence-corrected chi connectivity index (χ3v) is 11.8. The average Bonchev–Trinajstić information content (AvgIpc) is 3.91. The minimum atomic E-state index is 0.539. The molecular weight excluding hydrogens is 757 g/mol. The Morgan fingerprint density at radius 3 is 1.39 bits per heavy atom. The molecule has 0 bridgehead atoms. The normalized spacial score (nSPS) is 11.5. The lowest BCUT2D eigenvalue weighted by Crippen LogP contribution is -2.00. The molecule has 62 heavy (non-hydrogen) atoms. The molecule has 0 aliphatic carbocycles. The van der Waals surface area contributed by atoms with Crippen LogP contribution in [0.5, 0.6) is 0 Å². The first-order chi connectivity index (χ1) is 30.7. The number of para-hydroxylation sites is 2. The zero-order chi connectivity index (χ0) is 41.0. The molecule has 0 N–H and O–H groups in total. The summed E-state index contributed by atoms with van der Waals surface area (Å²) in [4.78, 5) is 15.7. The maximum Gasteiger partial charge on any atom is 0.167 e. The van der Waals surface area contributed by atoms with E-state index in [1.54, 1.807) is 0 Å². The molecule has 5 heteroatoms. The fourth-order valence-corrected chi connectivity index (χ4v) is 8.89. The molecule has 0 saturated heterocycles. The Morgan fingerprint density at radius 2 is 0.758 bits per heavy atom. The fourth-order valence-electron chi connectivity index (χ4n) is 8.89. The van der Waals surface area contributed by atoms with E-state index in [2.05, 4.69) is 211 Å². The zero-order valence-electron chi connectivity index (χ0n) is 33.5. The minimum Gasteiger partial charge on any atom is -0.453 e. The van der Waals surface area contributed by atoms with Crippen LogP contribution in [0.2, 0.25) is 0 Å². The van der Waals surface area contributed by atoms with E-state index < -0.39 is 0 Å². The van der Waals surface area contributed by atoms with E-state index in [1.165, 1.54) is 5.56 Å². The molecule has 3 aromatic heterocycles. The van der Waals surface area contributed by atoms with Crippen molar-refractivity contribution < 1.29 is 4.42 Å². The highest BCUT2D eigenvalue weighted by molar-refractivity contribution is 6.22. The molecule has 12 aromatic rings. The van der Waals surface area contributed by atoms with Crippen LogP contribution in [0.25, 0.3) is 117 Å². The molecule has 0 amide bonds. The first kappa shape index (κ1) is 35.5. The number of rotatable bonds is 7. The Bertz CT molecular complexity index is 3530. The maximum atomic E-state index is 7.18. The number of aromatic nitrogens is 4. The lowest BCUT2D eigenvalue weighted by Gasteiger charge is -2.11. The summed E-state index contributed by atoms with van der Waals surface area (Å²) in [6, 6.07) is 76.2. The van der Waals surface area contributed by atoms with Crippen molar-refractivity contribution in [3.8, 4) is 73.2 Å². The molecule has 0 unspecified atom stereocenters. The van der Waals surface area contributed by atoms with E-state index in [4.69, 9.17) is 19.4 Å². The summed E-state index contributed by atoms with van der Waals surface area (Å²) in [6.07, 6.45) is 0. The van der Waals surface area contributed by atoms with Gasteiger partial charge in [0.05, 0.1) is 16.6 Å². The van der Waals surface area contributed by atoms with Crippen LogP contribution in [0.3, 0.4) is 0 Å². The molecule has 290 valence electrons. The van der Waals surface area contributed by atoms with Gasteiger partial charge < -0.3 is 8.98 Å². The van der Waals surface area contributed by atoms with Crippen molar-refractivity contribution in [3.63, 3.8) is 0 Å². The van der Waals surface area contributed by atoms with Crippen molar-refractivity contribution in [2.45, 2.75) is 0 Å². The van der Waals surface area contributed by atoms with Crippen LogP contribution in [0.4, 0.5) is 0 Å². The van der Waals surface area contributed by atoms with Gasteiger partial charge in [0, 0.05) is 38.4 Å². The Morgan fingerprint density at radius 1 is 0.306 bits per heavy atom. The number of hydrogen-bond acceptors (Lipinski definition) is 4. The largest absolute Gasteiger partial charge is 0.453 e. The number of benzene rings is 9. The van der Waals surface area contributed by atoms with Gasteiger partial charge >= 0.3 is 0 Å². The third-order valence-electron chi connectivity index (χ3n) is 11.8. The van der Waals surface area contributed by atoms with Crippen LogP contribution in [0, 0.1) is 0 Å². The highest BCUT2D eigenvalue weighted by atomic mass is 16.3. The van der Waals surface area contributed by atoms with Crippen LogP contribution < -0.4 is 0 Å². The predicted octanol–water partition coefficient (Wildman–Crippen LogP) is 14.9. The molecule has 0 spiro atoms. The Balaban J connectivity index is 1.08. The monoisotopic (exact) mass is 792 g/mol. The van der Waals surface area contributed by atoms with E-state index in [1.807, 2.05) is 12.1 Å². The topological polar surface area (TPSA) is 56.7 Å². The van der Waals surface area contributed by atoms with E-state index in [0.717, 1.165) is 93.9 Å². The highest BCUT2D eigenvalue weighted by Crippen LogP contribution is 2.43. The molecule has 0 atom stereocenters. The van der Waals surface area contributed by atoms with Crippen LogP contribution >= 0.6 is 0 Å². The Hall–Kier alpha value is -8.41. The molecule has 5 nitrogen and oxygen atoms in total. The van der Waals surface area contributed by atoms with Gasteiger partial charge in [0.2, 0.25) is 0 Å². The minimum absolute atomic E-state index is 0.539. The van der Waals surface area contributed by atoms with Gasteiger partial charge in [-0.2, -0.15) is 0 Å². The summed E-state index contributed by atoms with van der Waals surface area (Å²) >= 11 is 0. The van der Waals surface area contributed by atoms with Crippen molar-refractivity contribution in [1.82, 2.24) is 19.5 Å². The van der Waals surface area contributed by atoms with Crippen LogP contribution in [-0.4, -0.2) is 19.5 Å². The molecule has 0 aliphatic rings. The van der Waals surface area contributed by atoms with Crippen molar-refractivity contribution in [2.75, 3.05) is 0 Å². The Kier molecular flexibility index (Phi) is 8.42. The van der Waals surface area contributed by atoms with Gasteiger partial charge in [0.1, 0.15) is 5.58 Å². The second kappa shape index (κ2) is 14.7. The number of fused-ring (bicyclic) bond motifs is 7. The van der Waals surface area contributed by atoms with Gasteiger partial charge in [-0.25, -0.2) is 15.0 Å². The second-order valence-corrected chi connectivity index (χ2v) is 15.6. The summed E-state index contributed by atoms with van der Waals surface area (Å²) in [5, 5.41) is 4.31. The van der Waals surface area contributed by atoms with Crippen LogP contribution in [0.15, 0.2) is 223 Å². The van der Waals surface area contributed by atoms with E-state index in [9.17, 15) is 0 Å². The maximum absolute atomic E-state index is 7.18. The number of nitrogens with zero attached hydrogens (tertiary/aromatic N) is 4. The van der Waals surface area contributed by atoms with E-state index >= 15 is 0 Å². The average molecular weight is 793 g/mol. The first-order valence-electron chi connectivity index (χ1n) is 20.8. The van der Waals surface area contributed by atoms with Crippen LogP contribution in [-0.2, 0) is 0 Å². The van der Waals surface area contributed by atoms with Gasteiger partial charge in [0.15, 0.2) is 23.1 Å². The number of hydrogen-bond donors (Lipinski definition) is 0. The number of furan rings is 1. The van der Waals surface area contributed by atoms with Crippen molar-refractivity contribution in [3.05, 3.63) is 218 Å². The molecule has 0 fully saturated rings. The summed E-state index contributed by atoms with van der Waals surface area (Å²) in [6.45, 7) is 0. The van der Waals surface area contributed by atoms with Gasteiger partial charge in [-0.1, -0.05) is 176 Å². The quantitative estimate of drug-likeness (QED) is 0.161. The summed E-state index contributed by atoms with van der Waals surface area (Å²) in [7, 11) is 0. The van der Waals surface area contributed by atoms with E-state index in [0.29, 0.717) is 17.5 Å². The molecule has 0 aliphatic heterocycles. The fraction of sp³-hybridized carbons (Fsp3) is 0. The lowest BCUT2D eigenvalue weighted by atomic mass is 10.0. The molecule has 12 rings (SSSR count). The van der Waals surface area contributed by atoms with Gasteiger partial charge in [-0.15, -0.1) is 0 Å². The molecule has 0 radical (unpaired) electrons. The Labute approximate surface area is 357 Å². The SMILES string of the molecule is c1ccc(-c2cccc(-c3nc(-c4cccc(-c5ccccc5)c4)nc(-c4cccc5c4oc4c5ccc5c6ccccc6n(-c6cccc(-c7ccccc7)c6)c54)n3)c2)cc1. The van der Waals surface area contributed by atoms with E-state index in [-0.39, 0.29) is 0 Å². The van der Waals surface area contributed by atoms with Crippen molar-refractivity contribution in [2.24, 2.45) is 0 Å². The predicted molar refractivity (Wildman–Crippen MR) is 254 cm³/mol. The van der Waals surface area contributed by atoms with Gasteiger partial charge in [-0.05, 0) is 75.8 Å². The summed E-state index contributed by atoms with van der Waals surface area (Å²) < 4.78 is 9.53. The standard InChI is InChI=1S/C57H36N4O/c1-4-16-37(17-5-1)40-22-12-25-43(34-40)55-58-56(44-26-13-23-41(35-44)38-18-6-2-7-19-38)60-57(59-55)50-30-15-29-48-49-33-32-47-46-28-10-11-31-51(46)61(52(47)54(49)62-53(48)50)45-27-14-24-42(36-45)39-20-8-3-9-21-39/h1-36H. The second-order valence-electron chi connectivity index (χ2n) is 15.6. The molecule has 3 heterocycles. The van der Waals surface area contributed by atoms with Gasteiger partial charge in [-0.3, -0.25) is 0 Å². The smallest absolute Gasteiger partial charge is 0.167 e. The highest BCUT2D eigenvalue weighted by Gasteiger charge is 2.22. The third kappa shape index (κ3) is 6.06.